The molecule has 0 aromatic carbocycles. The van der Waals surface area contributed by atoms with E-state index in [4.69, 9.17) is 4.74 Å². The first kappa shape index (κ1) is 17.6. The minimum atomic E-state index is 0. The predicted molar refractivity (Wildman–Crippen MR) is 58.6 cm³/mol. The summed E-state index contributed by atoms with van der Waals surface area (Å²) in [6.07, 6.45) is 3.72. The molecule has 62 valence electrons. The maximum absolute atomic E-state index is 4.94. The molecule has 0 spiro atoms. The van der Waals surface area contributed by atoms with Gasteiger partial charge in [0.2, 0.25) is 0 Å². The number of rotatable bonds is 0. The van der Waals surface area contributed by atoms with E-state index in [1.165, 1.54) is 19.0 Å². The molecule has 1 unspecified atom stereocenters. The summed E-state index contributed by atoms with van der Waals surface area (Å²) in [5.41, 5.74) is 0. The Labute approximate surface area is 95.8 Å². The Hall–Kier alpha value is 1.64. The number of hydrogen-bond acceptors (Lipinski definition) is 1. The number of halogens is 1. The first-order valence-electron chi connectivity index (χ1n) is 3.19. The van der Waals surface area contributed by atoms with E-state index in [1.54, 1.807) is 0 Å². The summed E-state index contributed by atoms with van der Waals surface area (Å²) in [7, 11) is 2.58. The van der Waals surface area contributed by atoms with Crippen LogP contribution in [0.4, 0.5) is 0 Å². The van der Waals surface area contributed by atoms with Crippen LogP contribution in [0.2, 0.25) is 0 Å². The SMILES string of the molecule is Br.C1CCOC1.CCP.[H-].[H-].[Mg+2]. The average molecular weight is 241 g/mol. The van der Waals surface area contributed by atoms with Gasteiger partial charge in [-0.1, -0.05) is 6.92 Å². The topological polar surface area (TPSA) is 9.23 Å². The van der Waals surface area contributed by atoms with E-state index in [-0.39, 0.29) is 42.9 Å². The molecule has 1 aliphatic rings. The fourth-order valence-corrected chi connectivity index (χ4v) is 0.510. The van der Waals surface area contributed by atoms with Crippen molar-refractivity contribution in [2.24, 2.45) is 0 Å². The van der Waals surface area contributed by atoms with Gasteiger partial charge in [0.25, 0.3) is 0 Å². The predicted octanol–water partition coefficient (Wildman–Crippen LogP) is 2.10. The Balaban J connectivity index is -0.0000000219. The van der Waals surface area contributed by atoms with E-state index < -0.39 is 0 Å². The van der Waals surface area contributed by atoms with Crippen molar-refractivity contribution < 1.29 is 7.59 Å². The Kier molecular flexibility index (Phi) is 29.9. The third kappa shape index (κ3) is 16.3. The Morgan fingerprint density at radius 2 is 1.70 bits per heavy atom. The number of hydrogen-bond donors (Lipinski definition) is 0. The fourth-order valence-electron chi connectivity index (χ4n) is 0.510. The Bertz CT molecular complexity index is 44.9. The van der Waals surface area contributed by atoms with Gasteiger partial charge in [-0.25, -0.2) is 0 Å². The molecule has 0 aliphatic carbocycles. The smallest absolute Gasteiger partial charge is 1.00 e. The monoisotopic (exact) mass is 240 g/mol. The molecule has 0 saturated carbocycles. The largest absolute Gasteiger partial charge is 2.00 e. The maximum Gasteiger partial charge on any atom is 2.00 e. The van der Waals surface area contributed by atoms with E-state index in [1.807, 2.05) is 0 Å². The second-order valence-electron chi connectivity index (χ2n) is 1.73. The van der Waals surface area contributed by atoms with Crippen molar-refractivity contribution in [1.29, 1.82) is 0 Å². The van der Waals surface area contributed by atoms with Crippen molar-refractivity contribution in [3.8, 4) is 0 Å². The molecule has 10 heavy (non-hydrogen) atoms. The molecule has 0 bridgehead atoms. The molecule has 0 aromatic rings. The van der Waals surface area contributed by atoms with Crippen LogP contribution in [-0.2, 0) is 4.74 Å². The van der Waals surface area contributed by atoms with Crippen molar-refractivity contribution in [3.63, 3.8) is 0 Å². The first-order valence-corrected chi connectivity index (χ1v) is 4.01. The molecule has 0 amide bonds. The van der Waals surface area contributed by atoms with E-state index in [9.17, 15) is 0 Å². The molecule has 1 nitrogen and oxygen atoms in total. The van der Waals surface area contributed by atoms with Crippen molar-refractivity contribution in [3.05, 3.63) is 0 Å². The van der Waals surface area contributed by atoms with Crippen LogP contribution >= 0.6 is 26.2 Å². The molecule has 0 N–H and O–H groups in total. The van der Waals surface area contributed by atoms with Gasteiger partial charge in [-0.3, -0.25) is 0 Å². The molecule has 0 aromatic heterocycles. The van der Waals surface area contributed by atoms with Gasteiger partial charge in [-0.2, -0.15) is 0 Å². The molecular formula is C6H18BrMgOP. The van der Waals surface area contributed by atoms with Crippen LogP contribution in [0, 0.1) is 0 Å². The summed E-state index contributed by atoms with van der Waals surface area (Å²) in [4.78, 5) is 0. The van der Waals surface area contributed by atoms with E-state index in [2.05, 4.69) is 16.2 Å². The molecule has 4 heteroatoms. The third-order valence-corrected chi connectivity index (χ3v) is 0.827. The van der Waals surface area contributed by atoms with Gasteiger partial charge < -0.3 is 7.59 Å². The van der Waals surface area contributed by atoms with Crippen LogP contribution in [0.5, 0.6) is 0 Å². The summed E-state index contributed by atoms with van der Waals surface area (Å²) in [6.45, 7) is 4.09. The zero-order chi connectivity index (χ0) is 6.24. The Morgan fingerprint density at radius 1 is 1.40 bits per heavy atom. The molecule has 1 atom stereocenters. The summed E-state index contributed by atoms with van der Waals surface area (Å²) < 4.78 is 4.94. The summed E-state index contributed by atoms with van der Waals surface area (Å²) in [6, 6.07) is 0. The fraction of sp³-hybridized carbons (Fsp3) is 1.00. The van der Waals surface area contributed by atoms with Crippen LogP contribution in [0.1, 0.15) is 22.6 Å². The summed E-state index contributed by atoms with van der Waals surface area (Å²) in [5.74, 6) is 0. The third-order valence-electron chi connectivity index (χ3n) is 0.827. The summed E-state index contributed by atoms with van der Waals surface area (Å²) >= 11 is 0. The average Bonchev–Trinajstić information content (AvgIpc) is 2.17. The molecule has 0 radical (unpaired) electrons. The van der Waals surface area contributed by atoms with Gasteiger partial charge in [0.15, 0.2) is 0 Å². The minimum Gasteiger partial charge on any atom is -1.00 e. The van der Waals surface area contributed by atoms with Gasteiger partial charge in [0.05, 0.1) is 0 Å². The van der Waals surface area contributed by atoms with Crippen LogP contribution in [0.3, 0.4) is 0 Å². The van der Waals surface area contributed by atoms with Crippen molar-refractivity contribution >= 4 is 49.3 Å². The first-order chi connectivity index (χ1) is 3.91. The second-order valence-corrected chi connectivity index (χ2v) is 2.54. The van der Waals surface area contributed by atoms with Crippen LogP contribution in [0.25, 0.3) is 0 Å². The van der Waals surface area contributed by atoms with Crippen LogP contribution < -0.4 is 0 Å². The number of ether oxygens (including phenoxy) is 1. The van der Waals surface area contributed by atoms with Gasteiger partial charge in [-0.05, 0) is 19.0 Å². The quantitative estimate of drug-likeness (QED) is 0.466. The van der Waals surface area contributed by atoms with Gasteiger partial charge in [0.1, 0.15) is 0 Å². The maximum atomic E-state index is 4.94. The van der Waals surface area contributed by atoms with E-state index in [0.717, 1.165) is 13.2 Å². The van der Waals surface area contributed by atoms with Crippen molar-refractivity contribution in [2.45, 2.75) is 19.8 Å². The zero-order valence-electron chi connectivity index (χ0n) is 8.64. The van der Waals surface area contributed by atoms with E-state index in [0.29, 0.717) is 0 Å². The molecule has 1 rings (SSSR count). The van der Waals surface area contributed by atoms with Crippen LogP contribution in [0.15, 0.2) is 0 Å². The zero-order valence-corrected chi connectivity index (χ0v) is 10.9. The molecular weight excluding hydrogens is 223 g/mol. The molecule has 1 saturated heterocycles. The summed E-state index contributed by atoms with van der Waals surface area (Å²) in [5, 5.41) is 0. The molecule has 1 fully saturated rings. The van der Waals surface area contributed by atoms with E-state index >= 15 is 0 Å². The normalized spacial score (nSPS) is 13.8. The van der Waals surface area contributed by atoms with Gasteiger partial charge in [0, 0.05) is 13.2 Å². The van der Waals surface area contributed by atoms with Crippen molar-refractivity contribution in [1.82, 2.24) is 0 Å². The van der Waals surface area contributed by atoms with Crippen molar-refractivity contribution in [2.75, 3.05) is 19.4 Å². The standard InChI is InChI=1S/C4H8O.C2H7P.BrH.Mg.2H/c1-2-4-5-3-1;1-2-3;;;;/h1-4H2;2-3H2,1H3;1H;;;/q;;;+2;2*-1. The molecule has 1 aliphatic heterocycles. The second kappa shape index (κ2) is 16.9. The molecule has 1 heterocycles. The minimum absolute atomic E-state index is 0. The van der Waals surface area contributed by atoms with Gasteiger partial charge in [-0.15, -0.1) is 26.2 Å². The Morgan fingerprint density at radius 3 is 1.80 bits per heavy atom. The van der Waals surface area contributed by atoms with Crippen LogP contribution in [-0.4, -0.2) is 42.4 Å². The van der Waals surface area contributed by atoms with Gasteiger partial charge >= 0.3 is 23.1 Å².